The first-order valence-corrected chi connectivity index (χ1v) is 11.2. The summed E-state index contributed by atoms with van der Waals surface area (Å²) in [6, 6.07) is 11.1. The molecule has 0 aliphatic carbocycles. The molecule has 2 aromatic heterocycles. The summed E-state index contributed by atoms with van der Waals surface area (Å²) >= 11 is 3.04. The monoisotopic (exact) mass is 439 g/mol. The number of aromatic nitrogens is 1. The van der Waals surface area contributed by atoms with Crippen molar-refractivity contribution in [3.8, 4) is 10.6 Å². The molecule has 0 radical (unpaired) electrons. The Labute approximate surface area is 182 Å². The molecule has 154 valence electrons. The maximum absolute atomic E-state index is 12.0. The van der Waals surface area contributed by atoms with Crippen LogP contribution in [-0.2, 0) is 11.3 Å². The summed E-state index contributed by atoms with van der Waals surface area (Å²) in [5.74, 6) is 0.0597. The molecule has 0 saturated heterocycles. The quantitative estimate of drug-likeness (QED) is 0.516. The summed E-state index contributed by atoms with van der Waals surface area (Å²) < 4.78 is 5.20. The Kier molecular flexibility index (Phi) is 5.69. The van der Waals surface area contributed by atoms with Gasteiger partial charge in [-0.2, -0.15) is 0 Å². The number of nitrogens with one attached hydrogen (secondary N) is 1. The van der Waals surface area contributed by atoms with E-state index >= 15 is 0 Å². The van der Waals surface area contributed by atoms with Gasteiger partial charge in [-0.15, -0.1) is 22.7 Å². The minimum Gasteiger partial charge on any atom is -0.510 e. The van der Waals surface area contributed by atoms with Crippen LogP contribution >= 0.6 is 22.7 Å². The summed E-state index contributed by atoms with van der Waals surface area (Å²) in [5.41, 5.74) is 2.78. The molecule has 3 heterocycles. The first kappa shape index (κ1) is 20.3. The highest BCUT2D eigenvalue weighted by molar-refractivity contribution is 7.14. The van der Waals surface area contributed by atoms with Gasteiger partial charge >= 0.3 is 5.97 Å². The average molecular weight is 440 g/mol. The normalized spacial score (nSPS) is 14.1. The first-order chi connectivity index (χ1) is 14.4. The molecule has 0 spiro atoms. The van der Waals surface area contributed by atoms with Crippen molar-refractivity contribution in [2.75, 3.05) is 6.54 Å². The minimum absolute atomic E-state index is 0.157. The van der Waals surface area contributed by atoms with E-state index in [9.17, 15) is 9.90 Å². The Balaban J connectivity index is 1.45. The number of aliphatic hydroxyl groups excluding tert-OH is 1. The minimum atomic E-state index is -0.350. The predicted molar refractivity (Wildman–Crippen MR) is 120 cm³/mol. The maximum atomic E-state index is 12.0. The van der Waals surface area contributed by atoms with Crippen molar-refractivity contribution in [2.24, 2.45) is 0 Å². The van der Waals surface area contributed by atoms with Crippen LogP contribution in [0.15, 0.2) is 52.9 Å². The van der Waals surface area contributed by atoms with E-state index in [1.807, 2.05) is 48.9 Å². The number of amidine groups is 1. The topological polar surface area (TPSA) is 86.5 Å². The number of rotatable bonds is 6. The molecule has 1 aliphatic rings. The standard InChI is InChI=1S/C22H21N3O3S2/c1-13(2)28-22(27)15-7-5-14(6-8-15)10-25-11-17(26)19(20(25)23)21-24-16(12-30-21)18-4-3-9-29-18/h3-9,12-13,23,26H,10-11H2,1-2H3. The Morgan fingerprint density at radius 3 is 2.70 bits per heavy atom. The average Bonchev–Trinajstić information content (AvgIpc) is 3.43. The van der Waals surface area contributed by atoms with Crippen LogP contribution in [0.2, 0.25) is 0 Å². The third kappa shape index (κ3) is 4.15. The van der Waals surface area contributed by atoms with Gasteiger partial charge in [0.15, 0.2) is 0 Å². The maximum Gasteiger partial charge on any atom is 0.338 e. The van der Waals surface area contributed by atoms with Crippen molar-refractivity contribution in [3.05, 3.63) is 69.1 Å². The zero-order valence-corrected chi connectivity index (χ0v) is 18.2. The molecular formula is C22H21N3O3S2. The second kappa shape index (κ2) is 8.41. The number of hydrogen-bond acceptors (Lipinski definition) is 7. The molecule has 0 saturated carbocycles. The Bertz CT molecular complexity index is 1100. The first-order valence-electron chi connectivity index (χ1n) is 9.48. The van der Waals surface area contributed by atoms with Crippen LogP contribution < -0.4 is 0 Å². The van der Waals surface area contributed by atoms with Gasteiger partial charge in [0.2, 0.25) is 0 Å². The lowest BCUT2D eigenvalue weighted by atomic mass is 10.1. The van der Waals surface area contributed by atoms with Crippen LogP contribution in [0.5, 0.6) is 0 Å². The number of carbonyl (C=O) groups is 1. The number of thiophene rings is 1. The van der Waals surface area contributed by atoms with Gasteiger partial charge in [0.25, 0.3) is 0 Å². The summed E-state index contributed by atoms with van der Waals surface area (Å²) in [7, 11) is 0. The van der Waals surface area contributed by atoms with Gasteiger partial charge in [-0.05, 0) is 43.0 Å². The number of thiazole rings is 1. The highest BCUT2D eigenvalue weighted by atomic mass is 32.1. The van der Waals surface area contributed by atoms with Gasteiger partial charge in [-0.3, -0.25) is 5.41 Å². The molecule has 0 unspecified atom stereocenters. The number of hydrogen-bond donors (Lipinski definition) is 2. The molecule has 8 heteroatoms. The number of carbonyl (C=O) groups excluding carboxylic acids is 1. The number of benzene rings is 1. The van der Waals surface area contributed by atoms with E-state index in [1.54, 1.807) is 28.4 Å². The van der Waals surface area contributed by atoms with E-state index < -0.39 is 0 Å². The Morgan fingerprint density at radius 1 is 1.27 bits per heavy atom. The van der Waals surface area contributed by atoms with Crippen molar-refractivity contribution in [1.82, 2.24) is 9.88 Å². The SMILES string of the molecule is CC(C)OC(=O)c1ccc(CN2CC(O)=C(c3nc(-c4cccs4)cs3)C2=N)cc1. The number of ether oxygens (including phenoxy) is 1. The van der Waals surface area contributed by atoms with E-state index in [0.717, 1.165) is 16.1 Å². The molecule has 1 aliphatic heterocycles. The van der Waals surface area contributed by atoms with Crippen LogP contribution in [0, 0.1) is 5.41 Å². The van der Waals surface area contributed by atoms with Crippen LogP contribution in [0.3, 0.4) is 0 Å². The highest BCUT2D eigenvalue weighted by Gasteiger charge is 2.30. The van der Waals surface area contributed by atoms with Gasteiger partial charge in [0.1, 0.15) is 16.6 Å². The summed E-state index contributed by atoms with van der Waals surface area (Å²) in [6.45, 7) is 4.34. The fourth-order valence-corrected chi connectivity index (χ4v) is 4.82. The second-order valence-corrected chi connectivity index (χ2v) is 9.00. The third-order valence-corrected chi connectivity index (χ3v) is 6.33. The molecule has 3 aromatic rings. The van der Waals surface area contributed by atoms with Crippen LogP contribution in [0.1, 0.15) is 34.8 Å². The summed E-state index contributed by atoms with van der Waals surface area (Å²) in [4.78, 5) is 19.5. The number of aliphatic hydroxyl groups is 1. The molecule has 6 nitrogen and oxygen atoms in total. The van der Waals surface area contributed by atoms with Gasteiger partial charge in [-0.1, -0.05) is 18.2 Å². The lowest BCUT2D eigenvalue weighted by Gasteiger charge is -2.18. The fourth-order valence-electron chi connectivity index (χ4n) is 3.17. The third-order valence-electron chi connectivity index (χ3n) is 4.58. The Hall–Kier alpha value is -2.97. The number of esters is 1. The molecule has 0 atom stereocenters. The molecular weight excluding hydrogens is 418 g/mol. The Morgan fingerprint density at radius 2 is 2.03 bits per heavy atom. The van der Waals surface area contributed by atoms with Gasteiger partial charge in [0, 0.05) is 11.9 Å². The van der Waals surface area contributed by atoms with Crippen molar-refractivity contribution < 1.29 is 14.6 Å². The fraction of sp³-hybridized carbons (Fsp3) is 0.227. The molecule has 0 bridgehead atoms. The van der Waals surface area contributed by atoms with Crippen molar-refractivity contribution >= 4 is 40.1 Å². The molecule has 0 fully saturated rings. The molecule has 2 N–H and O–H groups in total. The van der Waals surface area contributed by atoms with E-state index in [1.165, 1.54) is 11.3 Å². The lowest BCUT2D eigenvalue weighted by Crippen LogP contribution is -2.26. The van der Waals surface area contributed by atoms with E-state index in [0.29, 0.717) is 22.7 Å². The van der Waals surface area contributed by atoms with Crippen LogP contribution in [-0.4, -0.2) is 39.4 Å². The lowest BCUT2D eigenvalue weighted by molar-refractivity contribution is 0.0378. The summed E-state index contributed by atoms with van der Waals surface area (Å²) in [6.07, 6.45) is -0.166. The van der Waals surface area contributed by atoms with Gasteiger partial charge in [0.05, 0.1) is 34.4 Å². The van der Waals surface area contributed by atoms with Crippen LogP contribution in [0.4, 0.5) is 0 Å². The van der Waals surface area contributed by atoms with E-state index in [2.05, 4.69) is 4.98 Å². The molecule has 30 heavy (non-hydrogen) atoms. The number of nitrogens with zero attached hydrogens (tertiary/aromatic N) is 2. The predicted octanol–water partition coefficient (Wildman–Crippen LogP) is 5.20. The van der Waals surface area contributed by atoms with Crippen molar-refractivity contribution in [3.63, 3.8) is 0 Å². The van der Waals surface area contributed by atoms with Gasteiger partial charge < -0.3 is 14.7 Å². The largest absolute Gasteiger partial charge is 0.510 e. The zero-order valence-electron chi connectivity index (χ0n) is 16.6. The second-order valence-electron chi connectivity index (χ2n) is 7.19. The highest BCUT2D eigenvalue weighted by Crippen LogP contribution is 2.34. The zero-order chi connectivity index (χ0) is 21.3. The van der Waals surface area contributed by atoms with Crippen LogP contribution in [0.25, 0.3) is 16.1 Å². The van der Waals surface area contributed by atoms with Crippen molar-refractivity contribution in [1.29, 1.82) is 5.41 Å². The molecule has 4 rings (SSSR count). The van der Waals surface area contributed by atoms with Crippen molar-refractivity contribution in [2.45, 2.75) is 26.5 Å². The van der Waals surface area contributed by atoms with Gasteiger partial charge in [-0.25, -0.2) is 9.78 Å². The molecule has 1 aromatic carbocycles. The molecule has 0 amide bonds. The van der Waals surface area contributed by atoms with E-state index in [-0.39, 0.29) is 30.2 Å². The summed E-state index contributed by atoms with van der Waals surface area (Å²) in [5, 5.41) is 23.7. The smallest absolute Gasteiger partial charge is 0.338 e. The van der Waals surface area contributed by atoms with E-state index in [4.69, 9.17) is 10.1 Å².